The lowest BCUT2D eigenvalue weighted by Crippen LogP contribution is -2.49. The predicted molar refractivity (Wildman–Crippen MR) is 74.0 cm³/mol. The quantitative estimate of drug-likeness (QED) is 0.752. The highest BCUT2D eigenvalue weighted by Crippen LogP contribution is 2.11. The molecule has 1 atom stereocenters. The first-order chi connectivity index (χ1) is 9.95. The fourth-order valence-electron chi connectivity index (χ4n) is 2.11. The van der Waals surface area contributed by atoms with Gasteiger partial charge in [-0.2, -0.15) is 0 Å². The van der Waals surface area contributed by atoms with Crippen LogP contribution in [0.2, 0.25) is 0 Å². The first-order valence-electron chi connectivity index (χ1n) is 6.45. The average molecular weight is 292 g/mol. The molecule has 1 unspecified atom stereocenters. The summed E-state index contributed by atoms with van der Waals surface area (Å²) in [5.74, 6) is -1.05. The normalized spacial score (nSPS) is 18.2. The summed E-state index contributed by atoms with van der Waals surface area (Å²) in [5.41, 5.74) is 0.295. The molecule has 1 aliphatic heterocycles. The number of carbonyl (C=O) groups excluding carboxylic acids is 2. The lowest BCUT2D eigenvalue weighted by atomic mass is 10.1. The van der Waals surface area contributed by atoms with Gasteiger partial charge in [-0.05, 0) is 12.5 Å². The number of urea groups is 1. The third-order valence-corrected chi connectivity index (χ3v) is 3.20. The maximum atomic E-state index is 11.8. The molecule has 0 bridgehead atoms. The van der Waals surface area contributed by atoms with Crippen LogP contribution in [0.3, 0.4) is 0 Å². The van der Waals surface area contributed by atoms with Crippen LogP contribution in [-0.2, 0) is 4.79 Å². The minimum absolute atomic E-state index is 0.00389. The monoisotopic (exact) mass is 292 g/mol. The van der Waals surface area contributed by atoms with Crippen LogP contribution in [0.5, 0.6) is 0 Å². The highest BCUT2D eigenvalue weighted by molar-refractivity contribution is 5.92. The van der Waals surface area contributed by atoms with Gasteiger partial charge < -0.3 is 20.6 Å². The van der Waals surface area contributed by atoms with Crippen LogP contribution in [0.25, 0.3) is 0 Å². The lowest BCUT2D eigenvalue weighted by Gasteiger charge is -2.30. The number of hydrogen-bond acceptors (Lipinski definition) is 4. The van der Waals surface area contributed by atoms with E-state index >= 15 is 0 Å². The summed E-state index contributed by atoms with van der Waals surface area (Å²) < 4.78 is 0. The molecule has 1 fully saturated rings. The van der Waals surface area contributed by atoms with Gasteiger partial charge in [0.25, 0.3) is 0 Å². The van der Waals surface area contributed by atoms with E-state index in [0.29, 0.717) is 25.1 Å². The fraction of sp³-hybridized carbons (Fsp3) is 0.385. The van der Waals surface area contributed by atoms with Crippen LogP contribution in [0.1, 0.15) is 23.2 Å². The third-order valence-electron chi connectivity index (χ3n) is 3.20. The maximum Gasteiger partial charge on any atom is 0.337 e. The molecule has 1 aliphatic rings. The molecule has 1 aromatic heterocycles. The van der Waals surface area contributed by atoms with Gasteiger partial charge in [-0.15, -0.1) is 0 Å². The number of carboxylic acid groups (broad SMARTS) is 1. The molecule has 1 saturated heterocycles. The van der Waals surface area contributed by atoms with Crippen molar-refractivity contribution in [3.05, 3.63) is 24.0 Å². The van der Waals surface area contributed by atoms with E-state index in [1.54, 1.807) is 11.9 Å². The molecule has 3 N–H and O–H groups in total. The van der Waals surface area contributed by atoms with Gasteiger partial charge in [0.15, 0.2) is 0 Å². The summed E-state index contributed by atoms with van der Waals surface area (Å²) in [5, 5.41) is 14.1. The van der Waals surface area contributed by atoms with Crippen molar-refractivity contribution in [2.75, 3.05) is 18.9 Å². The Hall–Kier alpha value is -2.64. The fourth-order valence-corrected chi connectivity index (χ4v) is 2.11. The zero-order chi connectivity index (χ0) is 15.4. The molecule has 0 saturated carbocycles. The zero-order valence-electron chi connectivity index (χ0n) is 11.5. The van der Waals surface area contributed by atoms with E-state index < -0.39 is 12.0 Å². The minimum Gasteiger partial charge on any atom is -0.478 e. The maximum absolute atomic E-state index is 11.8. The summed E-state index contributed by atoms with van der Waals surface area (Å²) >= 11 is 0. The van der Waals surface area contributed by atoms with Gasteiger partial charge in [0, 0.05) is 32.3 Å². The number of amides is 3. The second kappa shape index (κ2) is 6.21. The Bertz CT molecular complexity index is 575. The number of aromatic nitrogens is 1. The van der Waals surface area contributed by atoms with E-state index in [-0.39, 0.29) is 17.5 Å². The number of carbonyl (C=O) groups is 3. The molecule has 0 spiro atoms. The Kier molecular flexibility index (Phi) is 4.36. The molecule has 8 heteroatoms. The molecule has 0 aromatic carbocycles. The summed E-state index contributed by atoms with van der Waals surface area (Å²) in [7, 11) is 1.69. The van der Waals surface area contributed by atoms with Crippen molar-refractivity contribution in [1.82, 2.24) is 15.2 Å². The summed E-state index contributed by atoms with van der Waals surface area (Å²) in [4.78, 5) is 39.3. The van der Waals surface area contributed by atoms with Crippen molar-refractivity contribution < 1.29 is 19.5 Å². The molecule has 3 amide bonds. The summed E-state index contributed by atoms with van der Waals surface area (Å²) in [6, 6.07) is 0.751. The van der Waals surface area contributed by atoms with Crippen LogP contribution in [0.15, 0.2) is 18.5 Å². The Balaban J connectivity index is 1.91. The highest BCUT2D eigenvalue weighted by Gasteiger charge is 2.24. The SMILES string of the molecule is CN1CC(NC(=O)Nc2cncc(C(=O)O)c2)CCC1=O. The molecule has 0 aliphatic carbocycles. The van der Waals surface area contributed by atoms with Gasteiger partial charge in [-0.3, -0.25) is 9.78 Å². The number of aromatic carboxylic acids is 1. The van der Waals surface area contributed by atoms with Crippen molar-refractivity contribution >= 4 is 23.6 Å². The second-order valence-corrected chi connectivity index (χ2v) is 4.88. The Labute approximate surface area is 121 Å². The van der Waals surface area contributed by atoms with Crippen LogP contribution >= 0.6 is 0 Å². The number of rotatable bonds is 3. The van der Waals surface area contributed by atoms with E-state index in [1.807, 2.05) is 0 Å². The molecule has 112 valence electrons. The third kappa shape index (κ3) is 3.91. The minimum atomic E-state index is -1.11. The Morgan fingerprint density at radius 3 is 2.86 bits per heavy atom. The van der Waals surface area contributed by atoms with Gasteiger partial charge in [0.1, 0.15) is 0 Å². The zero-order valence-corrected chi connectivity index (χ0v) is 11.5. The largest absolute Gasteiger partial charge is 0.478 e. The van der Waals surface area contributed by atoms with Gasteiger partial charge in [0.05, 0.1) is 17.4 Å². The van der Waals surface area contributed by atoms with Gasteiger partial charge >= 0.3 is 12.0 Å². The smallest absolute Gasteiger partial charge is 0.337 e. The Morgan fingerprint density at radius 2 is 2.19 bits per heavy atom. The summed E-state index contributed by atoms with van der Waals surface area (Å²) in [6.07, 6.45) is 3.55. The number of likely N-dealkylation sites (tertiary alicyclic amines) is 1. The van der Waals surface area contributed by atoms with Crippen LogP contribution in [-0.4, -0.2) is 52.5 Å². The van der Waals surface area contributed by atoms with Crippen LogP contribution in [0.4, 0.5) is 10.5 Å². The van der Waals surface area contributed by atoms with E-state index in [0.717, 1.165) is 0 Å². The summed E-state index contributed by atoms with van der Waals surface area (Å²) in [6.45, 7) is 0.458. The van der Waals surface area contributed by atoms with Crippen molar-refractivity contribution in [3.8, 4) is 0 Å². The number of nitrogens with one attached hydrogen (secondary N) is 2. The van der Waals surface area contributed by atoms with E-state index in [9.17, 15) is 14.4 Å². The number of hydrogen-bond donors (Lipinski definition) is 3. The van der Waals surface area contributed by atoms with Gasteiger partial charge in [0.2, 0.25) is 5.91 Å². The van der Waals surface area contributed by atoms with E-state index in [2.05, 4.69) is 15.6 Å². The number of pyridine rings is 1. The van der Waals surface area contributed by atoms with Gasteiger partial charge in [-0.1, -0.05) is 0 Å². The van der Waals surface area contributed by atoms with Crippen LogP contribution < -0.4 is 10.6 Å². The molecule has 8 nitrogen and oxygen atoms in total. The average Bonchev–Trinajstić information content (AvgIpc) is 2.43. The standard InChI is InChI=1S/C13H16N4O4/c1-17-7-9(2-3-11(17)18)15-13(21)16-10-4-8(12(19)20)5-14-6-10/h4-6,9H,2-3,7H2,1H3,(H,19,20)(H2,15,16,21). The van der Waals surface area contributed by atoms with Crippen LogP contribution in [0, 0.1) is 0 Å². The first kappa shape index (κ1) is 14.8. The number of likely N-dealkylation sites (N-methyl/N-ethyl adjacent to an activating group) is 1. The molecular weight excluding hydrogens is 276 g/mol. The van der Waals surface area contributed by atoms with Crippen molar-refractivity contribution in [2.45, 2.75) is 18.9 Å². The second-order valence-electron chi connectivity index (χ2n) is 4.88. The number of anilines is 1. The van der Waals surface area contributed by atoms with Crippen molar-refractivity contribution in [1.29, 1.82) is 0 Å². The molecule has 1 aromatic rings. The van der Waals surface area contributed by atoms with E-state index in [4.69, 9.17) is 5.11 Å². The predicted octanol–water partition coefficient (Wildman–Crippen LogP) is 0.522. The topological polar surface area (TPSA) is 112 Å². The Morgan fingerprint density at radius 1 is 1.43 bits per heavy atom. The van der Waals surface area contributed by atoms with E-state index in [1.165, 1.54) is 18.5 Å². The molecule has 21 heavy (non-hydrogen) atoms. The number of nitrogens with zero attached hydrogens (tertiary/aromatic N) is 2. The van der Waals surface area contributed by atoms with Crippen molar-refractivity contribution in [3.63, 3.8) is 0 Å². The highest BCUT2D eigenvalue weighted by atomic mass is 16.4. The molecular formula is C13H16N4O4. The first-order valence-corrected chi connectivity index (χ1v) is 6.45. The van der Waals surface area contributed by atoms with Crippen molar-refractivity contribution in [2.24, 2.45) is 0 Å². The molecule has 0 radical (unpaired) electrons. The molecule has 2 rings (SSSR count). The lowest BCUT2D eigenvalue weighted by molar-refractivity contribution is -0.132. The number of piperidine rings is 1. The number of carboxylic acids is 1. The van der Waals surface area contributed by atoms with Gasteiger partial charge in [-0.25, -0.2) is 9.59 Å². The molecule has 2 heterocycles.